The van der Waals surface area contributed by atoms with Gasteiger partial charge in [0.05, 0.1) is 0 Å². The molecule has 1 N–H and O–H groups in total. The summed E-state index contributed by atoms with van der Waals surface area (Å²) in [5.74, 6) is -1.08. The molecule has 22 heavy (non-hydrogen) atoms. The van der Waals surface area contributed by atoms with Crippen LogP contribution in [0.3, 0.4) is 0 Å². The van der Waals surface area contributed by atoms with E-state index in [1.807, 2.05) is 34.9 Å². The molecule has 1 amide bonds. The van der Waals surface area contributed by atoms with Crippen molar-refractivity contribution in [2.45, 2.75) is 38.8 Å². The monoisotopic (exact) mass is 300 g/mol. The van der Waals surface area contributed by atoms with Gasteiger partial charge in [-0.25, -0.2) is 4.79 Å². The smallest absolute Gasteiger partial charge is 0.326 e. The molecule has 2 heterocycles. The van der Waals surface area contributed by atoms with Crippen molar-refractivity contribution < 1.29 is 14.7 Å². The van der Waals surface area contributed by atoms with Gasteiger partial charge in [0, 0.05) is 24.0 Å². The molecule has 0 unspecified atom stereocenters. The fraction of sp³-hybridized carbons (Fsp3) is 0.412. The number of hydrogen-bond donors (Lipinski definition) is 1. The zero-order valence-corrected chi connectivity index (χ0v) is 12.7. The summed E-state index contributed by atoms with van der Waals surface area (Å²) < 4.78 is 2.01. The van der Waals surface area contributed by atoms with Gasteiger partial charge in [-0.15, -0.1) is 0 Å². The summed E-state index contributed by atoms with van der Waals surface area (Å²) in [4.78, 5) is 25.7. The zero-order valence-electron chi connectivity index (χ0n) is 12.7. The second kappa shape index (κ2) is 5.83. The number of carboxylic acid groups (broad SMARTS) is 1. The quantitative estimate of drug-likeness (QED) is 0.944. The van der Waals surface area contributed by atoms with Crippen LogP contribution in [-0.2, 0) is 11.3 Å². The largest absolute Gasteiger partial charge is 0.480 e. The van der Waals surface area contributed by atoms with E-state index in [9.17, 15) is 14.7 Å². The number of benzene rings is 1. The van der Waals surface area contributed by atoms with Crippen molar-refractivity contribution in [3.8, 4) is 0 Å². The first-order chi connectivity index (χ1) is 10.6. The molecule has 5 heteroatoms. The molecule has 1 atom stereocenters. The molecule has 1 aromatic carbocycles. The van der Waals surface area contributed by atoms with Gasteiger partial charge in [-0.05, 0) is 31.4 Å². The normalized spacial score (nSPS) is 18.0. The Bertz CT molecular complexity index is 720. The van der Waals surface area contributed by atoms with Crippen LogP contribution < -0.4 is 0 Å². The van der Waals surface area contributed by atoms with Gasteiger partial charge in [-0.2, -0.15) is 0 Å². The zero-order chi connectivity index (χ0) is 15.7. The van der Waals surface area contributed by atoms with E-state index in [2.05, 4.69) is 6.92 Å². The van der Waals surface area contributed by atoms with Crippen LogP contribution >= 0.6 is 0 Å². The van der Waals surface area contributed by atoms with E-state index in [1.54, 1.807) is 0 Å². The van der Waals surface area contributed by atoms with Gasteiger partial charge in [0.15, 0.2) is 0 Å². The lowest BCUT2D eigenvalue weighted by Crippen LogP contribution is -2.41. The molecule has 2 aromatic rings. The van der Waals surface area contributed by atoms with Crippen LogP contribution in [0.2, 0.25) is 0 Å². The minimum atomic E-state index is -0.913. The van der Waals surface area contributed by atoms with Crippen molar-refractivity contribution in [2.75, 3.05) is 6.54 Å². The van der Waals surface area contributed by atoms with Crippen molar-refractivity contribution in [3.05, 3.63) is 36.0 Å². The first-order valence-electron chi connectivity index (χ1n) is 7.75. The number of para-hydroxylation sites is 1. The Hall–Kier alpha value is -2.30. The van der Waals surface area contributed by atoms with E-state index in [-0.39, 0.29) is 5.91 Å². The summed E-state index contributed by atoms with van der Waals surface area (Å²) in [6.07, 6.45) is 2.20. The highest BCUT2D eigenvalue weighted by atomic mass is 16.4. The van der Waals surface area contributed by atoms with Gasteiger partial charge in [-0.1, -0.05) is 25.1 Å². The van der Waals surface area contributed by atoms with E-state index in [0.29, 0.717) is 18.7 Å². The van der Waals surface area contributed by atoms with E-state index in [1.165, 1.54) is 4.90 Å². The number of likely N-dealkylation sites (tertiary alicyclic amines) is 1. The fourth-order valence-corrected chi connectivity index (χ4v) is 3.27. The molecule has 0 aliphatic carbocycles. The predicted molar refractivity (Wildman–Crippen MR) is 83.9 cm³/mol. The number of carboxylic acids is 1. The molecule has 1 aromatic heterocycles. The lowest BCUT2D eigenvalue weighted by atomic mass is 10.2. The number of carbonyl (C=O) groups is 2. The van der Waals surface area contributed by atoms with Crippen molar-refractivity contribution in [3.63, 3.8) is 0 Å². The Morgan fingerprint density at radius 3 is 2.82 bits per heavy atom. The van der Waals surface area contributed by atoms with Gasteiger partial charge in [0.2, 0.25) is 0 Å². The molecule has 116 valence electrons. The topological polar surface area (TPSA) is 62.5 Å². The Labute approximate surface area is 129 Å². The van der Waals surface area contributed by atoms with Crippen LogP contribution in [0.15, 0.2) is 30.3 Å². The minimum Gasteiger partial charge on any atom is -0.480 e. The Morgan fingerprint density at radius 1 is 1.32 bits per heavy atom. The average Bonchev–Trinajstić information content (AvgIpc) is 3.12. The number of fused-ring (bicyclic) bond motifs is 1. The van der Waals surface area contributed by atoms with Crippen LogP contribution in [0.4, 0.5) is 0 Å². The van der Waals surface area contributed by atoms with E-state index < -0.39 is 12.0 Å². The van der Waals surface area contributed by atoms with E-state index >= 15 is 0 Å². The summed E-state index contributed by atoms with van der Waals surface area (Å²) in [7, 11) is 0. The molecule has 1 saturated heterocycles. The number of hydrogen-bond acceptors (Lipinski definition) is 2. The molecule has 1 aliphatic heterocycles. The first-order valence-corrected chi connectivity index (χ1v) is 7.75. The van der Waals surface area contributed by atoms with Gasteiger partial charge in [0.25, 0.3) is 5.91 Å². The molecule has 0 radical (unpaired) electrons. The molecule has 0 bridgehead atoms. The van der Waals surface area contributed by atoms with Crippen LogP contribution in [0.25, 0.3) is 10.9 Å². The molecule has 1 fully saturated rings. The van der Waals surface area contributed by atoms with Crippen LogP contribution in [0.5, 0.6) is 0 Å². The summed E-state index contributed by atoms with van der Waals surface area (Å²) >= 11 is 0. The first kappa shape index (κ1) is 14.6. The lowest BCUT2D eigenvalue weighted by Gasteiger charge is -2.22. The number of rotatable bonds is 4. The fourth-order valence-electron chi connectivity index (χ4n) is 3.27. The Balaban J connectivity index is 2.03. The number of nitrogens with zero attached hydrogens (tertiary/aromatic N) is 2. The molecule has 5 nitrogen and oxygen atoms in total. The van der Waals surface area contributed by atoms with Gasteiger partial charge < -0.3 is 14.6 Å². The van der Waals surface area contributed by atoms with Gasteiger partial charge >= 0.3 is 5.97 Å². The molecule has 3 rings (SSSR count). The molecule has 0 saturated carbocycles. The number of aryl methyl sites for hydroxylation is 1. The third-order valence-corrected chi connectivity index (χ3v) is 4.28. The van der Waals surface area contributed by atoms with Crippen molar-refractivity contribution in [1.29, 1.82) is 0 Å². The predicted octanol–water partition coefficient (Wildman–Crippen LogP) is 2.74. The molecular formula is C17H20N2O3. The maximum atomic E-state index is 12.9. The van der Waals surface area contributed by atoms with Crippen LogP contribution in [0.1, 0.15) is 36.7 Å². The Morgan fingerprint density at radius 2 is 2.09 bits per heavy atom. The second-order valence-corrected chi connectivity index (χ2v) is 5.73. The number of aliphatic carboxylic acids is 1. The second-order valence-electron chi connectivity index (χ2n) is 5.73. The van der Waals surface area contributed by atoms with E-state index in [4.69, 9.17) is 0 Å². The SMILES string of the molecule is CCCn1c(C(=O)N2CCC[C@@H]2C(=O)O)cc2ccccc21. The van der Waals surface area contributed by atoms with Gasteiger partial charge in [0.1, 0.15) is 11.7 Å². The van der Waals surface area contributed by atoms with Gasteiger partial charge in [-0.3, -0.25) is 4.79 Å². The molecular weight excluding hydrogens is 280 g/mol. The summed E-state index contributed by atoms with van der Waals surface area (Å²) in [6.45, 7) is 3.34. The summed E-state index contributed by atoms with van der Waals surface area (Å²) in [5, 5.41) is 10.3. The number of carbonyl (C=O) groups excluding carboxylic acids is 1. The summed E-state index contributed by atoms with van der Waals surface area (Å²) in [5.41, 5.74) is 1.62. The average molecular weight is 300 g/mol. The standard InChI is InChI=1S/C17H20N2O3/c1-2-9-18-13-7-4-3-6-12(13)11-15(18)16(20)19-10-5-8-14(19)17(21)22/h3-4,6-7,11,14H,2,5,8-10H2,1H3,(H,21,22)/t14-/m1/s1. The van der Waals surface area contributed by atoms with E-state index in [0.717, 1.165) is 30.3 Å². The van der Waals surface area contributed by atoms with Crippen LogP contribution in [-0.4, -0.2) is 39.0 Å². The molecule has 1 aliphatic rings. The Kier molecular flexibility index (Phi) is 3.88. The number of amides is 1. The summed E-state index contributed by atoms with van der Waals surface area (Å²) in [6, 6.07) is 9.07. The lowest BCUT2D eigenvalue weighted by molar-refractivity contribution is -0.141. The highest BCUT2D eigenvalue weighted by Crippen LogP contribution is 2.25. The maximum Gasteiger partial charge on any atom is 0.326 e. The highest BCUT2D eigenvalue weighted by Gasteiger charge is 2.35. The molecule has 0 spiro atoms. The maximum absolute atomic E-state index is 12.9. The number of aromatic nitrogens is 1. The third kappa shape index (κ3) is 2.36. The third-order valence-electron chi connectivity index (χ3n) is 4.28. The van der Waals surface area contributed by atoms with Crippen molar-refractivity contribution in [1.82, 2.24) is 9.47 Å². The highest BCUT2D eigenvalue weighted by molar-refractivity contribution is 6.00. The van der Waals surface area contributed by atoms with Crippen LogP contribution in [0, 0.1) is 0 Å². The van der Waals surface area contributed by atoms with Crippen molar-refractivity contribution >= 4 is 22.8 Å². The minimum absolute atomic E-state index is 0.172. The van der Waals surface area contributed by atoms with Crippen molar-refractivity contribution in [2.24, 2.45) is 0 Å².